The first kappa shape index (κ1) is 8.65. The third-order valence-corrected chi connectivity index (χ3v) is 2.40. The molecule has 2 unspecified atom stereocenters. The van der Waals surface area contributed by atoms with Gasteiger partial charge in [-0.05, 0) is 13.5 Å². The number of likely N-dealkylation sites (N-methyl/N-ethyl adjacent to an activating group) is 1. The van der Waals surface area contributed by atoms with E-state index in [1.807, 2.05) is 7.05 Å². The van der Waals surface area contributed by atoms with Gasteiger partial charge in [0.15, 0.2) is 0 Å². The van der Waals surface area contributed by atoms with E-state index in [1.54, 1.807) is 6.33 Å². The largest absolute Gasteiger partial charge is 0.376 e. The van der Waals surface area contributed by atoms with Crippen molar-refractivity contribution in [2.24, 2.45) is 0 Å². The van der Waals surface area contributed by atoms with Crippen LogP contribution in [0.15, 0.2) is 6.33 Å². The number of hydrogen-bond donors (Lipinski definition) is 2. The predicted molar refractivity (Wildman–Crippen MR) is 47.4 cm³/mol. The second-order valence-corrected chi connectivity index (χ2v) is 3.23. The topological polar surface area (TPSA) is 62.8 Å². The van der Waals surface area contributed by atoms with E-state index in [4.69, 9.17) is 4.74 Å². The van der Waals surface area contributed by atoms with Crippen LogP contribution in [0.5, 0.6) is 0 Å². The lowest BCUT2D eigenvalue weighted by atomic mass is 10.0. The zero-order valence-corrected chi connectivity index (χ0v) is 7.66. The van der Waals surface area contributed by atoms with Crippen molar-refractivity contribution >= 4 is 0 Å². The molecule has 0 radical (unpaired) electrons. The Morgan fingerprint density at radius 1 is 1.77 bits per heavy atom. The maximum absolute atomic E-state index is 5.58. The number of aromatic nitrogens is 3. The van der Waals surface area contributed by atoms with Gasteiger partial charge in [0.25, 0.3) is 0 Å². The summed E-state index contributed by atoms with van der Waals surface area (Å²) in [6.07, 6.45) is 2.81. The summed E-state index contributed by atoms with van der Waals surface area (Å²) in [5.41, 5.74) is 0. The highest BCUT2D eigenvalue weighted by Crippen LogP contribution is 2.27. The van der Waals surface area contributed by atoms with E-state index in [2.05, 4.69) is 20.5 Å². The van der Waals surface area contributed by atoms with E-state index in [0.717, 1.165) is 25.4 Å². The van der Waals surface area contributed by atoms with E-state index in [9.17, 15) is 0 Å². The lowest BCUT2D eigenvalue weighted by Crippen LogP contribution is -2.28. The molecule has 1 aliphatic rings. The lowest BCUT2D eigenvalue weighted by Gasteiger charge is -2.15. The summed E-state index contributed by atoms with van der Waals surface area (Å²) in [6.45, 7) is 1.68. The van der Waals surface area contributed by atoms with Crippen LogP contribution in [0.2, 0.25) is 0 Å². The van der Waals surface area contributed by atoms with Crippen LogP contribution in [-0.4, -0.2) is 41.5 Å². The molecule has 0 amide bonds. The van der Waals surface area contributed by atoms with E-state index >= 15 is 0 Å². The Balaban J connectivity index is 2.05. The third kappa shape index (κ3) is 1.71. The van der Waals surface area contributed by atoms with Gasteiger partial charge in [-0.1, -0.05) is 0 Å². The van der Waals surface area contributed by atoms with Gasteiger partial charge in [0.2, 0.25) is 0 Å². The molecule has 0 bridgehead atoms. The van der Waals surface area contributed by atoms with Crippen molar-refractivity contribution in [1.82, 2.24) is 20.5 Å². The fraction of sp³-hybridized carbons (Fsp3) is 0.750. The van der Waals surface area contributed by atoms with Crippen molar-refractivity contribution in [3.8, 4) is 0 Å². The third-order valence-electron chi connectivity index (χ3n) is 2.40. The monoisotopic (exact) mass is 182 g/mol. The summed E-state index contributed by atoms with van der Waals surface area (Å²) in [6, 6.07) is 0. The zero-order valence-electron chi connectivity index (χ0n) is 7.66. The van der Waals surface area contributed by atoms with Crippen LogP contribution < -0.4 is 5.32 Å². The van der Waals surface area contributed by atoms with E-state index < -0.39 is 0 Å². The molecule has 0 spiro atoms. The molecule has 72 valence electrons. The SMILES string of the molecule is CNCC1OCCC1c1ncn[nH]1. The molecule has 2 N–H and O–H groups in total. The Bertz CT molecular complexity index is 249. The summed E-state index contributed by atoms with van der Waals surface area (Å²) in [4.78, 5) is 4.16. The molecule has 1 fully saturated rings. The van der Waals surface area contributed by atoms with E-state index in [-0.39, 0.29) is 6.10 Å². The molecule has 0 aromatic carbocycles. The van der Waals surface area contributed by atoms with Gasteiger partial charge >= 0.3 is 0 Å². The molecule has 2 rings (SSSR count). The second-order valence-electron chi connectivity index (χ2n) is 3.23. The first-order valence-electron chi connectivity index (χ1n) is 4.53. The van der Waals surface area contributed by atoms with Gasteiger partial charge in [-0.3, -0.25) is 5.10 Å². The predicted octanol–water partition coefficient (Wildman–Crippen LogP) is -0.103. The first-order valence-corrected chi connectivity index (χ1v) is 4.53. The van der Waals surface area contributed by atoms with Gasteiger partial charge in [0.05, 0.1) is 6.10 Å². The van der Waals surface area contributed by atoms with Crippen molar-refractivity contribution in [2.75, 3.05) is 20.2 Å². The summed E-state index contributed by atoms with van der Waals surface area (Å²) in [7, 11) is 1.93. The molecule has 2 atom stereocenters. The minimum atomic E-state index is 0.234. The standard InChI is InChI=1S/C8H14N4O/c1-9-4-7-6(2-3-13-7)8-10-5-11-12-8/h5-7,9H,2-4H2,1H3,(H,10,11,12). The number of nitrogens with zero attached hydrogens (tertiary/aromatic N) is 2. The molecule has 1 aliphatic heterocycles. The Morgan fingerprint density at radius 3 is 3.38 bits per heavy atom. The molecule has 13 heavy (non-hydrogen) atoms. The average molecular weight is 182 g/mol. The van der Waals surface area contributed by atoms with Crippen molar-refractivity contribution in [3.05, 3.63) is 12.2 Å². The average Bonchev–Trinajstić information content (AvgIpc) is 2.71. The number of ether oxygens (including phenoxy) is 1. The van der Waals surface area contributed by atoms with E-state index in [0.29, 0.717) is 5.92 Å². The normalized spacial score (nSPS) is 28.1. The fourth-order valence-electron chi connectivity index (χ4n) is 1.76. The highest BCUT2D eigenvalue weighted by Gasteiger charge is 2.30. The second kappa shape index (κ2) is 3.85. The number of nitrogens with one attached hydrogen (secondary N) is 2. The van der Waals surface area contributed by atoms with Gasteiger partial charge in [0, 0.05) is 19.1 Å². The van der Waals surface area contributed by atoms with E-state index in [1.165, 1.54) is 0 Å². The number of rotatable bonds is 3. The molecule has 1 saturated heterocycles. The van der Waals surface area contributed by atoms with Gasteiger partial charge in [-0.15, -0.1) is 0 Å². The van der Waals surface area contributed by atoms with Gasteiger partial charge in [-0.25, -0.2) is 4.98 Å². The molecule has 2 heterocycles. The van der Waals surface area contributed by atoms with Gasteiger partial charge in [-0.2, -0.15) is 5.10 Å². The zero-order chi connectivity index (χ0) is 9.10. The summed E-state index contributed by atoms with van der Waals surface area (Å²) in [5, 5.41) is 9.86. The number of H-pyrrole nitrogens is 1. The Hall–Kier alpha value is -0.940. The summed E-state index contributed by atoms with van der Waals surface area (Å²) < 4.78 is 5.58. The fourth-order valence-corrected chi connectivity index (χ4v) is 1.76. The first-order chi connectivity index (χ1) is 6.42. The van der Waals surface area contributed by atoms with Gasteiger partial charge < -0.3 is 10.1 Å². The van der Waals surface area contributed by atoms with Crippen molar-refractivity contribution in [1.29, 1.82) is 0 Å². The lowest BCUT2D eigenvalue weighted by molar-refractivity contribution is 0.103. The molecule has 0 saturated carbocycles. The number of hydrogen-bond acceptors (Lipinski definition) is 4. The molecule has 1 aromatic rings. The van der Waals surface area contributed by atoms with Crippen LogP contribution in [0.4, 0.5) is 0 Å². The minimum Gasteiger partial charge on any atom is -0.376 e. The molecule has 5 nitrogen and oxygen atoms in total. The Morgan fingerprint density at radius 2 is 2.69 bits per heavy atom. The molecular weight excluding hydrogens is 168 g/mol. The van der Waals surface area contributed by atoms with Crippen LogP contribution in [0.1, 0.15) is 18.2 Å². The summed E-state index contributed by atoms with van der Waals surface area (Å²) >= 11 is 0. The van der Waals surface area contributed by atoms with Crippen LogP contribution in [0.25, 0.3) is 0 Å². The summed E-state index contributed by atoms with van der Waals surface area (Å²) in [5.74, 6) is 1.31. The molecule has 1 aromatic heterocycles. The van der Waals surface area contributed by atoms with Crippen LogP contribution >= 0.6 is 0 Å². The molecular formula is C8H14N4O. The van der Waals surface area contributed by atoms with Gasteiger partial charge in [0.1, 0.15) is 12.2 Å². The quantitative estimate of drug-likeness (QED) is 0.685. The molecule has 0 aliphatic carbocycles. The molecule has 5 heteroatoms. The maximum atomic E-state index is 5.58. The minimum absolute atomic E-state index is 0.234. The Labute approximate surface area is 76.9 Å². The maximum Gasteiger partial charge on any atom is 0.137 e. The van der Waals surface area contributed by atoms with Crippen molar-refractivity contribution in [2.45, 2.75) is 18.4 Å². The Kier molecular flexibility index (Phi) is 2.56. The highest BCUT2D eigenvalue weighted by molar-refractivity contribution is 5.00. The smallest absolute Gasteiger partial charge is 0.137 e. The van der Waals surface area contributed by atoms with Crippen LogP contribution in [0, 0.1) is 0 Å². The highest BCUT2D eigenvalue weighted by atomic mass is 16.5. The van der Waals surface area contributed by atoms with Crippen molar-refractivity contribution in [3.63, 3.8) is 0 Å². The number of aromatic amines is 1. The van der Waals surface area contributed by atoms with Crippen LogP contribution in [0.3, 0.4) is 0 Å². The van der Waals surface area contributed by atoms with Crippen LogP contribution in [-0.2, 0) is 4.74 Å². The van der Waals surface area contributed by atoms with Crippen molar-refractivity contribution < 1.29 is 4.74 Å².